The lowest BCUT2D eigenvalue weighted by Crippen LogP contribution is -2.28. The van der Waals surface area contributed by atoms with Crippen molar-refractivity contribution >= 4 is 16.5 Å². The molecule has 1 aliphatic carbocycles. The van der Waals surface area contributed by atoms with E-state index in [1.807, 2.05) is 0 Å². The Kier molecular flexibility index (Phi) is 2.59. The van der Waals surface area contributed by atoms with Gasteiger partial charge in [0, 0.05) is 4.88 Å². The SMILES string of the molecule is NNc1nc2c(s1)CC(C(F)(F)F)CC2. The van der Waals surface area contributed by atoms with Crippen molar-refractivity contribution in [2.45, 2.75) is 25.4 Å². The summed E-state index contributed by atoms with van der Waals surface area (Å²) in [6, 6.07) is 0. The minimum atomic E-state index is -4.10. The number of rotatable bonds is 1. The van der Waals surface area contributed by atoms with Crippen molar-refractivity contribution in [1.82, 2.24) is 4.98 Å². The molecule has 1 aromatic heterocycles. The monoisotopic (exact) mass is 237 g/mol. The predicted molar refractivity (Wildman–Crippen MR) is 51.5 cm³/mol. The fourth-order valence-electron chi connectivity index (χ4n) is 1.72. The molecule has 7 heteroatoms. The van der Waals surface area contributed by atoms with Crippen molar-refractivity contribution in [3.05, 3.63) is 10.6 Å². The Morgan fingerprint density at radius 2 is 2.20 bits per heavy atom. The molecule has 84 valence electrons. The number of halogens is 3. The number of anilines is 1. The fraction of sp³-hybridized carbons (Fsp3) is 0.625. The maximum atomic E-state index is 12.5. The molecule has 0 spiro atoms. The Bertz CT molecular complexity index is 361. The number of nitrogens with zero attached hydrogens (tertiary/aromatic N) is 1. The lowest BCUT2D eigenvalue weighted by molar-refractivity contribution is -0.176. The Morgan fingerprint density at radius 1 is 1.47 bits per heavy atom. The van der Waals surface area contributed by atoms with Crippen molar-refractivity contribution in [2.24, 2.45) is 11.8 Å². The molecule has 0 saturated carbocycles. The van der Waals surface area contributed by atoms with Gasteiger partial charge in [-0.3, -0.25) is 5.43 Å². The largest absolute Gasteiger partial charge is 0.392 e. The average molecular weight is 237 g/mol. The number of fused-ring (bicyclic) bond motifs is 1. The van der Waals surface area contributed by atoms with E-state index in [1.165, 1.54) is 11.3 Å². The molecule has 0 fully saturated rings. The number of hydrogen-bond donors (Lipinski definition) is 2. The molecule has 0 amide bonds. The van der Waals surface area contributed by atoms with Gasteiger partial charge in [-0.2, -0.15) is 13.2 Å². The number of nitrogens with one attached hydrogen (secondary N) is 1. The summed E-state index contributed by atoms with van der Waals surface area (Å²) in [6.07, 6.45) is -3.54. The van der Waals surface area contributed by atoms with Gasteiger partial charge in [0.2, 0.25) is 0 Å². The summed E-state index contributed by atoms with van der Waals surface area (Å²) >= 11 is 1.21. The molecule has 1 unspecified atom stereocenters. The maximum absolute atomic E-state index is 12.5. The number of hydrazine groups is 1. The van der Waals surface area contributed by atoms with Gasteiger partial charge in [-0.15, -0.1) is 11.3 Å². The van der Waals surface area contributed by atoms with E-state index in [1.54, 1.807) is 0 Å². The summed E-state index contributed by atoms with van der Waals surface area (Å²) in [5.74, 6) is 3.93. The average Bonchev–Trinajstić information content (AvgIpc) is 2.57. The van der Waals surface area contributed by atoms with E-state index in [4.69, 9.17) is 5.84 Å². The molecule has 1 aliphatic rings. The zero-order chi connectivity index (χ0) is 11.1. The standard InChI is InChI=1S/C8H10F3N3S/c9-8(10,11)4-1-2-5-6(3-4)15-7(13-5)14-12/h4H,1-3,12H2,(H,13,14). The Labute approximate surface area is 88.5 Å². The lowest BCUT2D eigenvalue weighted by Gasteiger charge is -2.23. The van der Waals surface area contributed by atoms with E-state index in [2.05, 4.69) is 10.4 Å². The molecule has 0 aromatic carbocycles. The van der Waals surface area contributed by atoms with Crippen LogP contribution in [0.4, 0.5) is 18.3 Å². The molecule has 2 rings (SSSR count). The quantitative estimate of drug-likeness (QED) is 0.581. The summed E-state index contributed by atoms with van der Waals surface area (Å²) in [4.78, 5) is 4.81. The van der Waals surface area contributed by atoms with Crippen LogP contribution in [0.2, 0.25) is 0 Å². The number of hydrogen-bond acceptors (Lipinski definition) is 4. The van der Waals surface area contributed by atoms with E-state index in [0.29, 0.717) is 16.4 Å². The third-order valence-electron chi connectivity index (χ3n) is 2.53. The third kappa shape index (κ3) is 2.07. The van der Waals surface area contributed by atoms with Gasteiger partial charge in [-0.05, 0) is 19.3 Å². The summed E-state index contributed by atoms with van der Waals surface area (Å²) in [6.45, 7) is 0. The van der Waals surface area contributed by atoms with Crippen LogP contribution in [0.1, 0.15) is 17.0 Å². The van der Waals surface area contributed by atoms with Crippen LogP contribution in [0.25, 0.3) is 0 Å². The molecular formula is C8H10F3N3S. The van der Waals surface area contributed by atoms with Crippen molar-refractivity contribution in [1.29, 1.82) is 0 Å². The highest BCUT2D eigenvalue weighted by Crippen LogP contribution is 2.39. The summed E-state index contributed by atoms with van der Waals surface area (Å²) < 4.78 is 37.4. The number of aromatic nitrogens is 1. The number of nitrogen functional groups attached to an aromatic ring is 1. The Hall–Kier alpha value is -0.820. The highest BCUT2D eigenvalue weighted by Gasteiger charge is 2.42. The lowest BCUT2D eigenvalue weighted by atomic mass is 9.91. The van der Waals surface area contributed by atoms with Crippen LogP contribution in [0.15, 0.2) is 0 Å². The highest BCUT2D eigenvalue weighted by atomic mass is 32.1. The zero-order valence-electron chi connectivity index (χ0n) is 7.77. The molecular weight excluding hydrogens is 227 g/mol. The zero-order valence-corrected chi connectivity index (χ0v) is 8.58. The molecule has 3 nitrogen and oxygen atoms in total. The van der Waals surface area contributed by atoms with Crippen molar-refractivity contribution in [2.75, 3.05) is 5.43 Å². The number of aryl methyl sites for hydroxylation is 1. The summed E-state index contributed by atoms with van der Waals surface area (Å²) in [7, 11) is 0. The van der Waals surface area contributed by atoms with Crippen LogP contribution in [-0.2, 0) is 12.8 Å². The van der Waals surface area contributed by atoms with Gasteiger partial charge < -0.3 is 0 Å². The fourth-order valence-corrected chi connectivity index (χ4v) is 2.71. The first-order valence-electron chi connectivity index (χ1n) is 4.52. The van der Waals surface area contributed by atoms with Crippen LogP contribution in [-0.4, -0.2) is 11.2 Å². The second kappa shape index (κ2) is 3.64. The van der Waals surface area contributed by atoms with Gasteiger partial charge in [-0.25, -0.2) is 10.8 Å². The Morgan fingerprint density at radius 3 is 2.80 bits per heavy atom. The minimum Gasteiger partial charge on any atom is -0.300 e. The van der Waals surface area contributed by atoms with E-state index < -0.39 is 12.1 Å². The van der Waals surface area contributed by atoms with E-state index in [-0.39, 0.29) is 12.8 Å². The minimum absolute atomic E-state index is 0.0399. The molecule has 0 radical (unpaired) electrons. The van der Waals surface area contributed by atoms with Crippen LogP contribution in [0.5, 0.6) is 0 Å². The van der Waals surface area contributed by atoms with Gasteiger partial charge in [-0.1, -0.05) is 0 Å². The van der Waals surface area contributed by atoms with Gasteiger partial charge in [0.15, 0.2) is 5.13 Å². The normalized spacial score (nSPS) is 21.2. The molecule has 0 saturated heterocycles. The van der Waals surface area contributed by atoms with E-state index >= 15 is 0 Å². The van der Waals surface area contributed by atoms with Crippen LogP contribution in [0, 0.1) is 5.92 Å². The summed E-state index contributed by atoms with van der Waals surface area (Å²) in [5, 5.41) is 0.489. The van der Waals surface area contributed by atoms with Crippen molar-refractivity contribution < 1.29 is 13.2 Å². The van der Waals surface area contributed by atoms with E-state index in [0.717, 1.165) is 5.69 Å². The van der Waals surface area contributed by atoms with Gasteiger partial charge >= 0.3 is 6.18 Å². The van der Waals surface area contributed by atoms with Crippen molar-refractivity contribution in [3.63, 3.8) is 0 Å². The second-order valence-electron chi connectivity index (χ2n) is 3.51. The highest BCUT2D eigenvalue weighted by molar-refractivity contribution is 7.15. The topological polar surface area (TPSA) is 50.9 Å². The molecule has 1 atom stereocenters. The Balaban J connectivity index is 2.19. The predicted octanol–water partition coefficient (Wildman–Crippen LogP) is 2.10. The van der Waals surface area contributed by atoms with E-state index in [9.17, 15) is 13.2 Å². The van der Waals surface area contributed by atoms with Crippen LogP contribution < -0.4 is 11.3 Å². The second-order valence-corrected chi connectivity index (χ2v) is 4.60. The van der Waals surface area contributed by atoms with Crippen LogP contribution >= 0.6 is 11.3 Å². The van der Waals surface area contributed by atoms with Crippen LogP contribution in [0.3, 0.4) is 0 Å². The first kappa shape index (κ1) is 10.7. The molecule has 0 bridgehead atoms. The van der Waals surface area contributed by atoms with Gasteiger partial charge in [0.05, 0.1) is 11.6 Å². The molecule has 1 heterocycles. The molecule has 15 heavy (non-hydrogen) atoms. The third-order valence-corrected chi connectivity index (χ3v) is 3.58. The van der Waals surface area contributed by atoms with Gasteiger partial charge in [0.1, 0.15) is 0 Å². The maximum Gasteiger partial charge on any atom is 0.392 e. The number of thiazole rings is 1. The molecule has 1 aromatic rings. The number of alkyl halides is 3. The molecule has 3 N–H and O–H groups in total. The van der Waals surface area contributed by atoms with Gasteiger partial charge in [0.25, 0.3) is 0 Å². The molecule has 0 aliphatic heterocycles. The first-order valence-corrected chi connectivity index (χ1v) is 5.34. The summed E-state index contributed by atoms with van der Waals surface area (Å²) in [5.41, 5.74) is 3.12. The van der Waals surface area contributed by atoms with Crippen molar-refractivity contribution in [3.8, 4) is 0 Å². The first-order chi connectivity index (χ1) is 7.00. The number of nitrogens with two attached hydrogens (primary N) is 1. The smallest absolute Gasteiger partial charge is 0.300 e.